The van der Waals surface area contributed by atoms with Crippen molar-refractivity contribution in [3.8, 4) is 0 Å². The SMILES string of the molecule is CNS(=O)(=O)O[C@H]1C[C@H](n2ccc3c(N[C@H]4CCc5c(F)cccc54)ncnc32)C[C@@H]1O. The lowest BCUT2D eigenvalue weighted by Crippen LogP contribution is -2.31. The topological polar surface area (TPSA) is 118 Å². The third-order valence-corrected chi connectivity index (χ3v) is 7.38. The van der Waals surface area contributed by atoms with Crippen LogP contribution in [0.25, 0.3) is 11.0 Å². The smallest absolute Gasteiger partial charge is 0.335 e. The van der Waals surface area contributed by atoms with Gasteiger partial charge in [0.2, 0.25) is 0 Å². The van der Waals surface area contributed by atoms with Gasteiger partial charge in [-0.25, -0.2) is 14.4 Å². The van der Waals surface area contributed by atoms with Crippen molar-refractivity contribution in [1.29, 1.82) is 0 Å². The number of aliphatic hydroxyl groups excluding tert-OH is 1. The zero-order chi connectivity index (χ0) is 22.5. The Morgan fingerprint density at radius 3 is 2.91 bits per heavy atom. The summed E-state index contributed by atoms with van der Waals surface area (Å²) in [7, 11) is -2.64. The van der Waals surface area contributed by atoms with Crippen molar-refractivity contribution in [2.45, 2.75) is 50.0 Å². The summed E-state index contributed by atoms with van der Waals surface area (Å²) < 4.78 is 46.6. The van der Waals surface area contributed by atoms with Crippen molar-refractivity contribution >= 4 is 27.2 Å². The third-order valence-electron chi connectivity index (χ3n) is 6.37. The molecule has 3 aromatic rings. The van der Waals surface area contributed by atoms with Gasteiger partial charge in [-0.05, 0) is 48.9 Å². The maximum Gasteiger partial charge on any atom is 0.335 e. The predicted molar refractivity (Wildman–Crippen MR) is 116 cm³/mol. The minimum atomic E-state index is -3.90. The zero-order valence-electron chi connectivity index (χ0n) is 17.4. The van der Waals surface area contributed by atoms with Crippen LogP contribution in [-0.4, -0.2) is 47.3 Å². The minimum Gasteiger partial charge on any atom is -0.390 e. The number of benzene rings is 1. The van der Waals surface area contributed by atoms with Crippen LogP contribution in [0.3, 0.4) is 0 Å². The van der Waals surface area contributed by atoms with Crippen LogP contribution < -0.4 is 10.0 Å². The monoisotopic (exact) mass is 461 g/mol. The van der Waals surface area contributed by atoms with E-state index in [0.29, 0.717) is 30.7 Å². The highest BCUT2D eigenvalue weighted by Crippen LogP contribution is 2.38. The summed E-state index contributed by atoms with van der Waals surface area (Å²) in [6, 6.07) is 6.82. The molecule has 0 aliphatic heterocycles. The van der Waals surface area contributed by atoms with Crippen LogP contribution in [0, 0.1) is 5.82 Å². The van der Waals surface area contributed by atoms with E-state index in [0.717, 1.165) is 22.9 Å². The van der Waals surface area contributed by atoms with Crippen LogP contribution in [0.2, 0.25) is 0 Å². The predicted octanol–water partition coefficient (Wildman–Crippen LogP) is 2.22. The van der Waals surface area contributed by atoms with E-state index in [1.165, 1.54) is 19.4 Å². The Balaban J connectivity index is 1.40. The average Bonchev–Trinajstić information content (AvgIpc) is 3.47. The summed E-state index contributed by atoms with van der Waals surface area (Å²) >= 11 is 0. The molecule has 0 radical (unpaired) electrons. The lowest BCUT2D eigenvalue weighted by molar-refractivity contribution is 0.0635. The second-order valence-electron chi connectivity index (χ2n) is 8.21. The van der Waals surface area contributed by atoms with Crippen molar-refractivity contribution in [2.75, 3.05) is 12.4 Å². The number of nitrogens with one attached hydrogen (secondary N) is 2. The number of fused-ring (bicyclic) bond motifs is 2. The van der Waals surface area contributed by atoms with Gasteiger partial charge >= 0.3 is 10.3 Å². The lowest BCUT2D eigenvalue weighted by Gasteiger charge is -2.17. The van der Waals surface area contributed by atoms with E-state index in [1.54, 1.807) is 6.07 Å². The van der Waals surface area contributed by atoms with Crippen LogP contribution in [0.1, 0.15) is 42.5 Å². The van der Waals surface area contributed by atoms with E-state index in [-0.39, 0.29) is 17.9 Å². The van der Waals surface area contributed by atoms with Crippen molar-refractivity contribution in [3.05, 3.63) is 53.7 Å². The summed E-state index contributed by atoms with van der Waals surface area (Å²) in [6.45, 7) is 0. The van der Waals surface area contributed by atoms with Gasteiger partial charge in [-0.15, -0.1) is 0 Å². The number of aliphatic hydroxyl groups is 1. The molecule has 32 heavy (non-hydrogen) atoms. The van der Waals surface area contributed by atoms with E-state index >= 15 is 0 Å². The molecule has 170 valence electrons. The van der Waals surface area contributed by atoms with E-state index in [1.807, 2.05) is 22.9 Å². The van der Waals surface area contributed by atoms with E-state index in [2.05, 4.69) is 20.0 Å². The molecule has 1 saturated carbocycles. The summed E-state index contributed by atoms with van der Waals surface area (Å²) in [5.41, 5.74) is 2.37. The average molecular weight is 462 g/mol. The minimum absolute atomic E-state index is 0.0417. The lowest BCUT2D eigenvalue weighted by atomic mass is 10.1. The number of rotatable bonds is 6. The van der Waals surface area contributed by atoms with E-state index in [4.69, 9.17) is 4.18 Å². The molecule has 11 heteroatoms. The van der Waals surface area contributed by atoms with Gasteiger partial charge in [0.05, 0.1) is 17.5 Å². The largest absolute Gasteiger partial charge is 0.390 e. The molecule has 0 unspecified atom stereocenters. The number of anilines is 1. The fraction of sp³-hybridized carbons (Fsp3) is 0.429. The van der Waals surface area contributed by atoms with Gasteiger partial charge < -0.3 is 15.0 Å². The molecule has 2 aromatic heterocycles. The van der Waals surface area contributed by atoms with Crippen molar-refractivity contribution < 1.29 is 22.1 Å². The highest BCUT2D eigenvalue weighted by Gasteiger charge is 2.38. The first kappa shape index (κ1) is 21.3. The molecule has 1 fully saturated rings. The van der Waals surface area contributed by atoms with Crippen LogP contribution in [0.4, 0.5) is 10.2 Å². The molecule has 4 atom stereocenters. The van der Waals surface area contributed by atoms with Crippen LogP contribution in [0.15, 0.2) is 36.8 Å². The zero-order valence-corrected chi connectivity index (χ0v) is 18.2. The van der Waals surface area contributed by atoms with Gasteiger partial charge in [0, 0.05) is 19.3 Å². The van der Waals surface area contributed by atoms with Gasteiger partial charge in [0.15, 0.2) is 0 Å². The Hall–Kier alpha value is -2.60. The molecule has 0 spiro atoms. The highest BCUT2D eigenvalue weighted by atomic mass is 32.2. The maximum atomic E-state index is 14.1. The Morgan fingerprint density at radius 2 is 2.09 bits per heavy atom. The van der Waals surface area contributed by atoms with E-state index < -0.39 is 22.5 Å². The standard InChI is InChI=1S/C21H24FN5O4S/c1-23-32(29,30)31-19-10-12(9-18(19)28)27-8-7-15-20(24-11-25-21(15)27)26-17-6-5-13-14(17)3-2-4-16(13)22/h2-4,7-8,11-12,17-19,23,28H,5-6,9-10H2,1H3,(H,24,25,26)/t12-,17+,18+,19+/m1/s1. The molecule has 5 rings (SSSR count). The van der Waals surface area contributed by atoms with Crippen molar-refractivity contribution in [3.63, 3.8) is 0 Å². The third kappa shape index (κ3) is 3.75. The summed E-state index contributed by atoms with van der Waals surface area (Å²) in [4.78, 5) is 8.82. The Kier molecular flexibility index (Phi) is 5.36. The molecule has 2 aliphatic rings. The van der Waals surface area contributed by atoms with Gasteiger partial charge in [-0.2, -0.15) is 13.1 Å². The van der Waals surface area contributed by atoms with Gasteiger partial charge in [0.25, 0.3) is 0 Å². The van der Waals surface area contributed by atoms with Gasteiger partial charge in [0.1, 0.15) is 29.7 Å². The fourth-order valence-electron chi connectivity index (χ4n) is 4.80. The molecule has 9 nitrogen and oxygen atoms in total. The highest BCUT2D eigenvalue weighted by molar-refractivity contribution is 7.84. The molecule has 0 bridgehead atoms. The first-order chi connectivity index (χ1) is 15.4. The fourth-order valence-corrected chi connectivity index (χ4v) is 5.43. The number of hydrogen-bond acceptors (Lipinski definition) is 7. The Bertz CT molecular complexity index is 1260. The summed E-state index contributed by atoms with van der Waals surface area (Å²) in [5, 5.41) is 14.6. The number of hydrogen-bond donors (Lipinski definition) is 3. The number of halogens is 1. The molecular formula is C21H24FN5O4S. The molecule has 1 aromatic carbocycles. The molecule has 3 N–H and O–H groups in total. The van der Waals surface area contributed by atoms with Crippen LogP contribution in [-0.2, 0) is 20.9 Å². The summed E-state index contributed by atoms with van der Waals surface area (Å²) in [5.74, 6) is 0.475. The first-order valence-electron chi connectivity index (χ1n) is 10.5. The van der Waals surface area contributed by atoms with Crippen molar-refractivity contribution in [1.82, 2.24) is 19.3 Å². The molecule has 2 heterocycles. The quantitative estimate of drug-likeness (QED) is 0.515. The Labute approximate surface area is 184 Å². The normalized spacial score (nSPS) is 25.3. The Morgan fingerprint density at radius 1 is 1.25 bits per heavy atom. The second-order valence-corrected chi connectivity index (χ2v) is 9.72. The molecule has 2 aliphatic carbocycles. The molecule has 0 saturated heterocycles. The number of nitrogens with zero attached hydrogens (tertiary/aromatic N) is 3. The molecular weight excluding hydrogens is 437 g/mol. The number of aromatic nitrogens is 3. The summed E-state index contributed by atoms with van der Waals surface area (Å²) in [6.07, 6.45) is 3.70. The van der Waals surface area contributed by atoms with Crippen LogP contribution in [0.5, 0.6) is 0 Å². The van der Waals surface area contributed by atoms with E-state index in [9.17, 15) is 17.9 Å². The van der Waals surface area contributed by atoms with Gasteiger partial charge in [-0.3, -0.25) is 4.18 Å². The van der Waals surface area contributed by atoms with Crippen molar-refractivity contribution in [2.24, 2.45) is 0 Å². The van der Waals surface area contributed by atoms with Gasteiger partial charge in [-0.1, -0.05) is 12.1 Å². The first-order valence-corrected chi connectivity index (χ1v) is 11.9. The second kappa shape index (κ2) is 8.07. The van der Waals surface area contributed by atoms with Crippen LogP contribution >= 0.6 is 0 Å². The maximum absolute atomic E-state index is 14.1. The molecule has 0 amide bonds.